The molecule has 0 aliphatic heterocycles. The minimum Gasteiger partial charge on any atom is -0.448 e. The van der Waals surface area contributed by atoms with Crippen LogP contribution in [0.2, 0.25) is 0 Å². The molecule has 0 aromatic heterocycles. The van der Waals surface area contributed by atoms with E-state index >= 15 is 0 Å². The van der Waals surface area contributed by atoms with Gasteiger partial charge in [0.15, 0.2) is 5.01 Å². The van der Waals surface area contributed by atoms with Gasteiger partial charge in [0.1, 0.15) is 4.29 Å². The Morgan fingerprint density at radius 1 is 1.55 bits per heavy atom. The van der Waals surface area contributed by atoms with Crippen LogP contribution in [0.4, 0.5) is 0 Å². The standard InChI is InChI=1S/C6H7Br2ClO2/c7-4(9)5(8)11-6(10)3-1-2-3/h3-5H,1-2H2. The number of hydrogen-bond donors (Lipinski definition) is 0. The largest absolute Gasteiger partial charge is 0.448 e. The zero-order chi connectivity index (χ0) is 8.43. The van der Waals surface area contributed by atoms with Crippen molar-refractivity contribution in [2.45, 2.75) is 22.1 Å². The van der Waals surface area contributed by atoms with E-state index in [9.17, 15) is 4.79 Å². The number of hydrogen-bond acceptors (Lipinski definition) is 2. The third kappa shape index (κ3) is 3.30. The van der Waals surface area contributed by atoms with Crippen LogP contribution in [-0.2, 0) is 9.53 Å². The molecule has 5 heteroatoms. The van der Waals surface area contributed by atoms with Crippen LogP contribution in [-0.4, -0.2) is 15.3 Å². The number of rotatable bonds is 3. The van der Waals surface area contributed by atoms with Gasteiger partial charge in [0.05, 0.1) is 5.92 Å². The van der Waals surface area contributed by atoms with Gasteiger partial charge >= 0.3 is 5.97 Å². The predicted octanol–water partition coefficient (Wildman–Crippen LogP) is 2.62. The van der Waals surface area contributed by atoms with Gasteiger partial charge in [0.2, 0.25) is 0 Å². The van der Waals surface area contributed by atoms with Gasteiger partial charge in [0, 0.05) is 0 Å². The third-order valence-electron chi connectivity index (χ3n) is 1.34. The van der Waals surface area contributed by atoms with Crippen LogP contribution in [0.3, 0.4) is 0 Å². The summed E-state index contributed by atoms with van der Waals surface area (Å²) in [7, 11) is 0. The molecule has 0 amide bonds. The molecule has 11 heavy (non-hydrogen) atoms. The van der Waals surface area contributed by atoms with Crippen molar-refractivity contribution in [3.05, 3.63) is 0 Å². The summed E-state index contributed by atoms with van der Waals surface area (Å²) in [5.41, 5.74) is 0. The van der Waals surface area contributed by atoms with E-state index in [1.807, 2.05) is 0 Å². The number of carbonyl (C=O) groups excluding carboxylic acids is 1. The summed E-state index contributed by atoms with van der Waals surface area (Å²) in [6.45, 7) is 0. The number of halogens is 3. The van der Waals surface area contributed by atoms with Gasteiger partial charge in [-0.2, -0.15) is 0 Å². The summed E-state index contributed by atoms with van der Waals surface area (Å²) in [6, 6.07) is 0. The molecule has 0 heterocycles. The molecule has 1 rings (SSSR count). The molecule has 0 aromatic rings. The Hall–Kier alpha value is 0.720. The first-order valence-electron chi connectivity index (χ1n) is 3.24. The second-order valence-corrected chi connectivity index (χ2v) is 5.28. The van der Waals surface area contributed by atoms with E-state index in [0.717, 1.165) is 12.8 Å². The summed E-state index contributed by atoms with van der Waals surface area (Å²) in [6.07, 6.45) is 1.90. The van der Waals surface area contributed by atoms with E-state index in [1.54, 1.807) is 0 Å². The Morgan fingerprint density at radius 2 is 2.09 bits per heavy atom. The molecular weight excluding hydrogens is 299 g/mol. The summed E-state index contributed by atoms with van der Waals surface area (Å²) in [5.74, 6) is -0.0325. The Kier molecular flexibility index (Phi) is 3.65. The molecule has 0 aromatic carbocycles. The van der Waals surface area contributed by atoms with Crippen molar-refractivity contribution < 1.29 is 9.53 Å². The highest BCUT2D eigenvalue weighted by molar-refractivity contribution is 9.12. The second-order valence-electron chi connectivity index (χ2n) is 2.40. The lowest BCUT2D eigenvalue weighted by atomic mass is 10.4. The molecule has 0 spiro atoms. The number of alkyl halides is 3. The molecule has 1 saturated carbocycles. The predicted molar refractivity (Wildman–Crippen MR) is 50.1 cm³/mol. The van der Waals surface area contributed by atoms with Crippen molar-refractivity contribution in [3.63, 3.8) is 0 Å². The van der Waals surface area contributed by atoms with Gasteiger partial charge in [-0.15, -0.1) is 11.6 Å². The topological polar surface area (TPSA) is 26.3 Å². The molecular formula is C6H7Br2ClO2. The van der Waals surface area contributed by atoms with Gasteiger partial charge in [0.25, 0.3) is 0 Å². The second kappa shape index (κ2) is 4.10. The lowest BCUT2D eigenvalue weighted by Gasteiger charge is -2.11. The van der Waals surface area contributed by atoms with Crippen LogP contribution < -0.4 is 0 Å². The van der Waals surface area contributed by atoms with Crippen LogP contribution >= 0.6 is 43.5 Å². The van der Waals surface area contributed by atoms with Crippen LogP contribution in [0.25, 0.3) is 0 Å². The highest BCUT2D eigenvalue weighted by Crippen LogP contribution is 2.32. The smallest absolute Gasteiger partial charge is 0.310 e. The van der Waals surface area contributed by atoms with Crippen molar-refractivity contribution in [2.75, 3.05) is 0 Å². The van der Waals surface area contributed by atoms with Crippen LogP contribution in [0.15, 0.2) is 0 Å². The lowest BCUT2D eigenvalue weighted by molar-refractivity contribution is -0.145. The monoisotopic (exact) mass is 304 g/mol. The van der Waals surface area contributed by atoms with E-state index in [2.05, 4.69) is 31.9 Å². The first kappa shape index (κ1) is 9.81. The first-order valence-corrected chi connectivity index (χ1v) is 5.50. The molecule has 0 bridgehead atoms. The number of esters is 1. The van der Waals surface area contributed by atoms with Crippen LogP contribution in [0.1, 0.15) is 12.8 Å². The fraction of sp³-hybridized carbons (Fsp3) is 0.833. The highest BCUT2D eigenvalue weighted by Gasteiger charge is 2.33. The quantitative estimate of drug-likeness (QED) is 0.592. The fourth-order valence-corrected chi connectivity index (χ4v) is 0.921. The maximum Gasteiger partial charge on any atom is 0.310 e. The van der Waals surface area contributed by atoms with Gasteiger partial charge in [-0.25, -0.2) is 0 Å². The van der Waals surface area contributed by atoms with Crippen LogP contribution in [0.5, 0.6) is 0 Å². The summed E-state index contributed by atoms with van der Waals surface area (Å²) in [4.78, 5) is 11.0. The molecule has 2 nitrogen and oxygen atoms in total. The van der Waals surface area contributed by atoms with Crippen molar-refractivity contribution in [3.8, 4) is 0 Å². The van der Waals surface area contributed by atoms with Gasteiger partial charge in [-0.05, 0) is 28.8 Å². The molecule has 64 valence electrons. The van der Waals surface area contributed by atoms with E-state index in [1.165, 1.54) is 0 Å². The molecule has 0 radical (unpaired) electrons. The average molecular weight is 306 g/mol. The summed E-state index contributed by atoms with van der Waals surface area (Å²) < 4.78 is 4.56. The molecule has 1 aliphatic rings. The first-order chi connectivity index (χ1) is 5.11. The Bertz CT molecular complexity index is 159. The average Bonchev–Trinajstić information content (AvgIpc) is 2.67. The van der Waals surface area contributed by atoms with E-state index in [4.69, 9.17) is 16.3 Å². The Balaban J connectivity index is 2.23. The SMILES string of the molecule is O=C(OC(Br)C(Cl)Br)C1CC1. The van der Waals surface area contributed by atoms with Gasteiger partial charge in [-0.1, -0.05) is 15.9 Å². The lowest BCUT2D eigenvalue weighted by Crippen LogP contribution is -2.18. The normalized spacial score (nSPS) is 22.5. The molecule has 1 aliphatic carbocycles. The fourth-order valence-electron chi connectivity index (χ4n) is 0.578. The summed E-state index contributed by atoms with van der Waals surface area (Å²) >= 11 is 11.8. The zero-order valence-electron chi connectivity index (χ0n) is 5.60. The number of carbonyl (C=O) groups is 1. The van der Waals surface area contributed by atoms with E-state index < -0.39 is 5.01 Å². The molecule has 0 N–H and O–H groups in total. The minimum absolute atomic E-state index is 0.123. The molecule has 0 saturated heterocycles. The highest BCUT2D eigenvalue weighted by atomic mass is 79.9. The Labute approximate surface area is 86.9 Å². The van der Waals surface area contributed by atoms with Crippen molar-refractivity contribution in [1.29, 1.82) is 0 Å². The summed E-state index contributed by atoms with van der Waals surface area (Å²) in [5, 5.41) is -0.433. The maximum absolute atomic E-state index is 11.0. The Morgan fingerprint density at radius 3 is 2.45 bits per heavy atom. The zero-order valence-corrected chi connectivity index (χ0v) is 9.52. The maximum atomic E-state index is 11.0. The minimum atomic E-state index is -0.433. The molecule has 1 fully saturated rings. The third-order valence-corrected chi connectivity index (χ3v) is 3.78. The van der Waals surface area contributed by atoms with Crippen molar-refractivity contribution >= 4 is 49.4 Å². The van der Waals surface area contributed by atoms with Gasteiger partial charge < -0.3 is 4.74 Å². The number of ether oxygens (including phenoxy) is 1. The molecule has 2 unspecified atom stereocenters. The van der Waals surface area contributed by atoms with Gasteiger partial charge in [-0.3, -0.25) is 4.79 Å². The van der Waals surface area contributed by atoms with E-state index in [-0.39, 0.29) is 16.2 Å². The molecule has 2 atom stereocenters. The van der Waals surface area contributed by atoms with Crippen LogP contribution in [0, 0.1) is 5.92 Å². The van der Waals surface area contributed by atoms with Crippen molar-refractivity contribution in [2.24, 2.45) is 5.92 Å². The van der Waals surface area contributed by atoms with Crippen molar-refractivity contribution in [1.82, 2.24) is 0 Å². The van der Waals surface area contributed by atoms with E-state index in [0.29, 0.717) is 0 Å².